The molecular formula is C16H20O5. The van der Waals surface area contributed by atoms with Gasteiger partial charge in [0.25, 0.3) is 5.78 Å². The number of ketones is 1. The minimum atomic E-state index is -1.12. The third-order valence-electron chi connectivity index (χ3n) is 2.90. The highest BCUT2D eigenvalue weighted by molar-refractivity contribution is 6.37. The molecule has 5 heteroatoms. The number of rotatable bonds is 7. The molecule has 1 aromatic carbocycles. The summed E-state index contributed by atoms with van der Waals surface area (Å²) in [7, 11) is 0. The highest BCUT2D eigenvalue weighted by Gasteiger charge is 2.36. The van der Waals surface area contributed by atoms with Gasteiger partial charge in [-0.2, -0.15) is 0 Å². The Morgan fingerprint density at radius 1 is 1.05 bits per heavy atom. The molecule has 0 aliphatic rings. The number of Topliss-reactive ketones (excluding diaryl/α,β-unsaturated/α-hetero) is 1. The van der Waals surface area contributed by atoms with E-state index in [-0.39, 0.29) is 19.1 Å². The van der Waals surface area contributed by atoms with Gasteiger partial charge in [0.1, 0.15) is 12.5 Å². The van der Waals surface area contributed by atoms with Crippen molar-refractivity contribution in [1.82, 2.24) is 0 Å². The van der Waals surface area contributed by atoms with Gasteiger partial charge >= 0.3 is 11.9 Å². The Morgan fingerprint density at radius 3 is 2.19 bits per heavy atom. The molecule has 0 radical (unpaired) electrons. The molecule has 114 valence electrons. The zero-order chi connectivity index (χ0) is 15.8. The van der Waals surface area contributed by atoms with Crippen LogP contribution in [0.1, 0.15) is 26.3 Å². The molecule has 21 heavy (non-hydrogen) atoms. The van der Waals surface area contributed by atoms with Crippen LogP contribution < -0.4 is 0 Å². The van der Waals surface area contributed by atoms with Gasteiger partial charge in [0.05, 0.1) is 6.61 Å². The molecule has 1 rings (SSSR count). The molecule has 0 saturated heterocycles. The summed E-state index contributed by atoms with van der Waals surface area (Å²) in [6.07, 6.45) is 0. The monoisotopic (exact) mass is 292 g/mol. The van der Waals surface area contributed by atoms with Crippen LogP contribution in [0.25, 0.3) is 0 Å². The van der Waals surface area contributed by atoms with E-state index in [1.54, 1.807) is 45.0 Å². The van der Waals surface area contributed by atoms with Crippen molar-refractivity contribution in [3.8, 4) is 0 Å². The van der Waals surface area contributed by atoms with Gasteiger partial charge in [-0.15, -0.1) is 0 Å². The molecule has 0 aliphatic carbocycles. The maximum Gasteiger partial charge on any atom is 0.375 e. The lowest BCUT2D eigenvalue weighted by Crippen LogP contribution is -2.36. The maximum atomic E-state index is 12.0. The van der Waals surface area contributed by atoms with Crippen LogP contribution in [0.2, 0.25) is 0 Å². The average Bonchev–Trinajstić information content (AvgIpc) is 2.45. The largest absolute Gasteiger partial charge is 0.465 e. The zero-order valence-electron chi connectivity index (χ0n) is 12.5. The molecule has 0 fully saturated rings. The van der Waals surface area contributed by atoms with Crippen LogP contribution in [0.5, 0.6) is 0 Å². The third kappa shape index (κ3) is 5.02. The number of esters is 2. The Bertz CT molecular complexity index is 493. The number of carbonyl (C=O) groups excluding carboxylic acids is 3. The van der Waals surface area contributed by atoms with Gasteiger partial charge in [0.15, 0.2) is 0 Å². The molecule has 0 amide bonds. The summed E-state index contributed by atoms with van der Waals surface area (Å²) in [4.78, 5) is 35.6. The van der Waals surface area contributed by atoms with Crippen molar-refractivity contribution in [2.24, 2.45) is 11.8 Å². The van der Waals surface area contributed by atoms with Crippen molar-refractivity contribution in [3.63, 3.8) is 0 Å². The summed E-state index contributed by atoms with van der Waals surface area (Å²) >= 11 is 0. The van der Waals surface area contributed by atoms with Crippen LogP contribution in [-0.4, -0.2) is 24.3 Å². The van der Waals surface area contributed by atoms with E-state index < -0.39 is 23.6 Å². The molecule has 0 saturated carbocycles. The van der Waals surface area contributed by atoms with Gasteiger partial charge in [0.2, 0.25) is 0 Å². The SMILES string of the molecule is CCOC(=O)C(C(=O)C(=O)OCc1ccccc1)C(C)C. The first kappa shape index (κ1) is 16.9. The molecule has 0 spiro atoms. The number of hydrogen-bond donors (Lipinski definition) is 0. The summed E-state index contributed by atoms with van der Waals surface area (Å²) in [5.74, 6) is -4.01. The van der Waals surface area contributed by atoms with Crippen LogP contribution in [0.4, 0.5) is 0 Å². The minimum Gasteiger partial charge on any atom is -0.465 e. The Labute approximate surface area is 124 Å². The third-order valence-corrected chi connectivity index (χ3v) is 2.90. The Hall–Kier alpha value is -2.17. The second kappa shape index (κ2) is 8.19. The average molecular weight is 292 g/mol. The number of ether oxygens (including phenoxy) is 2. The van der Waals surface area contributed by atoms with Crippen LogP contribution in [0.3, 0.4) is 0 Å². The summed E-state index contributed by atoms with van der Waals surface area (Å²) in [6.45, 7) is 5.18. The van der Waals surface area contributed by atoms with Crippen molar-refractivity contribution in [2.45, 2.75) is 27.4 Å². The topological polar surface area (TPSA) is 69.7 Å². The Morgan fingerprint density at radius 2 is 1.67 bits per heavy atom. The summed E-state index contributed by atoms with van der Waals surface area (Å²) in [5.41, 5.74) is 0.774. The fourth-order valence-electron chi connectivity index (χ4n) is 1.84. The molecule has 0 N–H and O–H groups in total. The van der Waals surface area contributed by atoms with E-state index in [0.717, 1.165) is 5.56 Å². The van der Waals surface area contributed by atoms with Gasteiger partial charge in [-0.05, 0) is 18.4 Å². The van der Waals surface area contributed by atoms with Crippen LogP contribution in [0, 0.1) is 11.8 Å². The first-order chi connectivity index (χ1) is 9.97. The smallest absolute Gasteiger partial charge is 0.375 e. The molecule has 1 atom stereocenters. The predicted molar refractivity (Wildman–Crippen MR) is 76.2 cm³/mol. The predicted octanol–water partition coefficient (Wildman–Crippen LogP) is 2.13. The van der Waals surface area contributed by atoms with Gasteiger partial charge in [-0.25, -0.2) is 4.79 Å². The van der Waals surface area contributed by atoms with E-state index >= 15 is 0 Å². The van der Waals surface area contributed by atoms with Crippen LogP contribution in [0.15, 0.2) is 30.3 Å². The molecule has 0 aromatic heterocycles. The van der Waals surface area contributed by atoms with E-state index in [1.807, 2.05) is 6.07 Å². The number of benzene rings is 1. The van der Waals surface area contributed by atoms with Crippen molar-refractivity contribution in [3.05, 3.63) is 35.9 Å². The van der Waals surface area contributed by atoms with Crippen molar-refractivity contribution in [1.29, 1.82) is 0 Å². The maximum absolute atomic E-state index is 12.0. The van der Waals surface area contributed by atoms with E-state index in [0.29, 0.717) is 0 Å². The summed E-state index contributed by atoms with van der Waals surface area (Å²) in [6, 6.07) is 9.01. The fourth-order valence-corrected chi connectivity index (χ4v) is 1.84. The van der Waals surface area contributed by atoms with Crippen molar-refractivity contribution < 1.29 is 23.9 Å². The molecule has 5 nitrogen and oxygen atoms in total. The first-order valence-electron chi connectivity index (χ1n) is 6.88. The van der Waals surface area contributed by atoms with Crippen molar-refractivity contribution in [2.75, 3.05) is 6.61 Å². The van der Waals surface area contributed by atoms with E-state index in [9.17, 15) is 14.4 Å². The number of hydrogen-bond acceptors (Lipinski definition) is 5. The lowest BCUT2D eigenvalue weighted by molar-refractivity contribution is -0.164. The molecule has 1 unspecified atom stereocenters. The van der Waals surface area contributed by atoms with E-state index in [2.05, 4.69) is 0 Å². The minimum absolute atomic E-state index is 0.000939. The highest BCUT2D eigenvalue weighted by atomic mass is 16.5. The molecule has 1 aromatic rings. The van der Waals surface area contributed by atoms with Gasteiger partial charge in [0, 0.05) is 0 Å². The van der Waals surface area contributed by atoms with Crippen LogP contribution in [-0.2, 0) is 30.5 Å². The van der Waals surface area contributed by atoms with Crippen LogP contribution >= 0.6 is 0 Å². The molecule has 0 heterocycles. The van der Waals surface area contributed by atoms with Gasteiger partial charge in [-0.3, -0.25) is 9.59 Å². The highest BCUT2D eigenvalue weighted by Crippen LogP contribution is 2.15. The fraction of sp³-hybridized carbons (Fsp3) is 0.438. The van der Waals surface area contributed by atoms with Gasteiger partial charge < -0.3 is 9.47 Å². The Balaban J connectivity index is 2.66. The summed E-state index contributed by atoms with van der Waals surface area (Å²) in [5, 5.41) is 0. The lowest BCUT2D eigenvalue weighted by Gasteiger charge is -2.16. The molecule has 0 aliphatic heterocycles. The second-order valence-corrected chi connectivity index (χ2v) is 4.90. The van der Waals surface area contributed by atoms with E-state index in [1.165, 1.54) is 0 Å². The quantitative estimate of drug-likeness (QED) is 0.437. The zero-order valence-corrected chi connectivity index (χ0v) is 12.5. The van der Waals surface area contributed by atoms with E-state index in [4.69, 9.17) is 9.47 Å². The second-order valence-electron chi connectivity index (χ2n) is 4.90. The van der Waals surface area contributed by atoms with Gasteiger partial charge in [-0.1, -0.05) is 44.2 Å². The lowest BCUT2D eigenvalue weighted by atomic mass is 9.91. The normalized spacial score (nSPS) is 11.8. The Kier molecular flexibility index (Phi) is 6.59. The number of carbonyl (C=O) groups is 3. The molecule has 0 bridgehead atoms. The summed E-state index contributed by atoms with van der Waals surface area (Å²) < 4.78 is 9.78. The standard InChI is InChI=1S/C16H20O5/c1-4-20-15(18)13(11(2)3)14(17)16(19)21-10-12-8-6-5-7-9-12/h5-9,11,13H,4,10H2,1-3H3. The first-order valence-corrected chi connectivity index (χ1v) is 6.88. The van der Waals surface area contributed by atoms with Crippen molar-refractivity contribution >= 4 is 17.7 Å². The molecular weight excluding hydrogens is 272 g/mol.